The normalized spacial score (nSPS) is 10.8. The number of thiocarbonyl (C=S) groups is 1. The minimum Gasteiger partial charge on any atom is -0.465 e. The van der Waals surface area contributed by atoms with Gasteiger partial charge in [0.25, 0.3) is 0 Å². The van der Waals surface area contributed by atoms with E-state index in [1.54, 1.807) is 6.92 Å². The minimum absolute atomic E-state index is 0.229. The van der Waals surface area contributed by atoms with Gasteiger partial charge in [-0.3, -0.25) is 0 Å². The van der Waals surface area contributed by atoms with Crippen LogP contribution in [0.5, 0.6) is 0 Å². The lowest BCUT2D eigenvalue weighted by Crippen LogP contribution is -2.43. The average molecular weight is 344 g/mol. The molecule has 122 valence electrons. The van der Waals surface area contributed by atoms with E-state index < -0.39 is 11.9 Å². The van der Waals surface area contributed by atoms with E-state index in [0.29, 0.717) is 20.6 Å². The van der Waals surface area contributed by atoms with Crippen LogP contribution in [0, 0.1) is 6.92 Å². The maximum atomic E-state index is 12.0. The van der Waals surface area contributed by atoms with Crippen molar-refractivity contribution in [2.75, 3.05) is 19.5 Å². The summed E-state index contributed by atoms with van der Waals surface area (Å²) in [6, 6.07) is 0. The highest BCUT2D eigenvalue weighted by Gasteiger charge is 2.26. The Hall–Kier alpha value is -1.67. The first kappa shape index (κ1) is 18.4. The zero-order chi connectivity index (χ0) is 17.1. The van der Waals surface area contributed by atoms with Crippen molar-refractivity contribution in [1.29, 1.82) is 0 Å². The van der Waals surface area contributed by atoms with Crippen molar-refractivity contribution < 1.29 is 19.1 Å². The lowest BCUT2D eigenvalue weighted by molar-refractivity contribution is 0.0601. The Morgan fingerprint density at radius 3 is 2.14 bits per heavy atom. The zero-order valence-electron chi connectivity index (χ0n) is 13.4. The molecule has 6 nitrogen and oxygen atoms in total. The van der Waals surface area contributed by atoms with E-state index in [0.717, 1.165) is 11.3 Å². The fraction of sp³-hybridized carbons (Fsp3) is 0.500. The predicted molar refractivity (Wildman–Crippen MR) is 90.8 cm³/mol. The van der Waals surface area contributed by atoms with Gasteiger partial charge in [0, 0.05) is 5.54 Å². The summed E-state index contributed by atoms with van der Waals surface area (Å²) < 4.78 is 9.51. The topological polar surface area (TPSA) is 76.7 Å². The SMILES string of the molecule is COC(=O)c1sc(NC(=S)NC(C)(C)C)c(C(=O)OC)c1C. The van der Waals surface area contributed by atoms with Crippen LogP contribution in [0.4, 0.5) is 5.00 Å². The van der Waals surface area contributed by atoms with Gasteiger partial charge in [-0.2, -0.15) is 0 Å². The van der Waals surface area contributed by atoms with E-state index in [1.165, 1.54) is 14.2 Å². The first-order chi connectivity index (χ1) is 10.1. The number of anilines is 1. The summed E-state index contributed by atoms with van der Waals surface area (Å²) in [5, 5.41) is 6.84. The van der Waals surface area contributed by atoms with Crippen molar-refractivity contribution in [1.82, 2.24) is 5.32 Å². The Kier molecular flexibility index (Phi) is 5.90. The first-order valence-corrected chi connectivity index (χ1v) is 7.72. The maximum absolute atomic E-state index is 12.0. The Morgan fingerprint density at radius 1 is 1.14 bits per heavy atom. The number of thiophene rings is 1. The molecule has 0 radical (unpaired) electrons. The second kappa shape index (κ2) is 7.06. The molecule has 1 rings (SSSR count). The van der Waals surface area contributed by atoms with Crippen molar-refractivity contribution in [3.63, 3.8) is 0 Å². The fourth-order valence-corrected chi connectivity index (χ4v) is 3.30. The largest absolute Gasteiger partial charge is 0.465 e. The molecule has 0 aromatic carbocycles. The molecule has 1 aromatic rings. The van der Waals surface area contributed by atoms with Crippen molar-refractivity contribution in [3.8, 4) is 0 Å². The number of hydrogen-bond donors (Lipinski definition) is 2. The molecule has 0 saturated heterocycles. The van der Waals surface area contributed by atoms with Crippen LogP contribution in [0.25, 0.3) is 0 Å². The van der Waals surface area contributed by atoms with Gasteiger partial charge in [0.2, 0.25) is 0 Å². The number of hydrogen-bond acceptors (Lipinski definition) is 6. The summed E-state index contributed by atoms with van der Waals surface area (Å²) in [7, 11) is 2.57. The maximum Gasteiger partial charge on any atom is 0.348 e. The van der Waals surface area contributed by atoms with E-state index in [-0.39, 0.29) is 11.1 Å². The molecular weight excluding hydrogens is 324 g/mol. The molecule has 8 heteroatoms. The van der Waals surface area contributed by atoms with Gasteiger partial charge >= 0.3 is 11.9 Å². The molecule has 0 amide bonds. The first-order valence-electron chi connectivity index (χ1n) is 6.50. The van der Waals surface area contributed by atoms with Crippen LogP contribution in [0.15, 0.2) is 0 Å². The van der Waals surface area contributed by atoms with Gasteiger partial charge in [0.15, 0.2) is 5.11 Å². The summed E-state index contributed by atoms with van der Waals surface area (Å²) in [5.74, 6) is -1.04. The molecular formula is C14H20N2O4S2. The van der Waals surface area contributed by atoms with Gasteiger partial charge in [0.1, 0.15) is 9.88 Å². The van der Waals surface area contributed by atoms with Gasteiger partial charge in [-0.05, 0) is 45.5 Å². The minimum atomic E-state index is -0.537. The monoisotopic (exact) mass is 344 g/mol. The third-order valence-corrected chi connectivity index (χ3v) is 4.01. The molecule has 0 aliphatic carbocycles. The molecule has 0 fully saturated rings. The number of methoxy groups -OCH3 is 2. The Balaban J connectivity index is 3.20. The Morgan fingerprint density at radius 2 is 1.68 bits per heavy atom. The van der Waals surface area contributed by atoms with E-state index in [1.807, 2.05) is 20.8 Å². The molecule has 1 aromatic heterocycles. The third kappa shape index (κ3) is 4.41. The second-order valence-electron chi connectivity index (χ2n) is 5.57. The van der Waals surface area contributed by atoms with E-state index in [9.17, 15) is 9.59 Å². The summed E-state index contributed by atoms with van der Waals surface area (Å²) in [6.45, 7) is 7.55. The van der Waals surface area contributed by atoms with E-state index >= 15 is 0 Å². The Labute approximate surface area is 139 Å². The molecule has 2 N–H and O–H groups in total. The number of ether oxygens (including phenoxy) is 2. The van der Waals surface area contributed by atoms with Crippen LogP contribution in [-0.2, 0) is 9.47 Å². The molecule has 0 unspecified atom stereocenters. The zero-order valence-corrected chi connectivity index (χ0v) is 15.1. The molecule has 1 heterocycles. The molecule has 22 heavy (non-hydrogen) atoms. The van der Waals surface area contributed by atoms with Crippen LogP contribution in [0.3, 0.4) is 0 Å². The Bertz CT molecular complexity index is 603. The van der Waals surface area contributed by atoms with Crippen LogP contribution in [0.1, 0.15) is 46.4 Å². The van der Waals surface area contributed by atoms with Gasteiger partial charge in [-0.25, -0.2) is 9.59 Å². The van der Waals surface area contributed by atoms with Gasteiger partial charge in [-0.1, -0.05) is 0 Å². The van der Waals surface area contributed by atoms with Crippen molar-refractivity contribution in [2.45, 2.75) is 33.2 Å². The molecule has 0 spiro atoms. The molecule has 0 aliphatic rings. The molecule has 0 bridgehead atoms. The van der Waals surface area contributed by atoms with E-state index in [4.69, 9.17) is 21.7 Å². The summed E-state index contributed by atoms with van der Waals surface area (Å²) in [4.78, 5) is 24.1. The quantitative estimate of drug-likeness (QED) is 0.645. The molecule has 0 saturated carbocycles. The summed E-state index contributed by atoms with van der Waals surface area (Å²) in [5.41, 5.74) is 0.559. The van der Waals surface area contributed by atoms with Crippen LogP contribution in [0.2, 0.25) is 0 Å². The average Bonchev–Trinajstić information content (AvgIpc) is 2.71. The number of esters is 2. The number of nitrogens with one attached hydrogen (secondary N) is 2. The molecule has 0 aliphatic heterocycles. The smallest absolute Gasteiger partial charge is 0.348 e. The summed E-state index contributed by atoms with van der Waals surface area (Å²) >= 11 is 6.33. The van der Waals surface area contributed by atoms with Crippen LogP contribution in [-0.4, -0.2) is 36.8 Å². The highest BCUT2D eigenvalue weighted by Crippen LogP contribution is 2.34. The van der Waals surface area contributed by atoms with Crippen molar-refractivity contribution in [3.05, 3.63) is 16.0 Å². The number of carbonyl (C=O) groups excluding carboxylic acids is 2. The van der Waals surface area contributed by atoms with Gasteiger partial charge < -0.3 is 20.1 Å². The molecule has 0 atom stereocenters. The number of rotatable bonds is 3. The number of carbonyl (C=O) groups is 2. The fourth-order valence-electron chi connectivity index (χ4n) is 1.71. The predicted octanol–water partition coefficient (Wildman–Crippen LogP) is 2.71. The standard InChI is InChI=1S/C14H20N2O4S2/c1-7-8(11(17)19-5)10(22-9(7)12(18)20-6)15-13(21)16-14(2,3)4/h1-6H3,(H2,15,16,21). The second-order valence-corrected chi connectivity index (χ2v) is 7.00. The van der Waals surface area contributed by atoms with Crippen LogP contribution >= 0.6 is 23.6 Å². The lowest BCUT2D eigenvalue weighted by atomic mass is 10.1. The van der Waals surface area contributed by atoms with Crippen LogP contribution < -0.4 is 10.6 Å². The van der Waals surface area contributed by atoms with E-state index in [2.05, 4.69) is 10.6 Å². The lowest BCUT2D eigenvalue weighted by Gasteiger charge is -2.22. The van der Waals surface area contributed by atoms with Crippen molar-refractivity contribution >= 4 is 45.6 Å². The summed E-state index contributed by atoms with van der Waals surface area (Å²) in [6.07, 6.45) is 0. The van der Waals surface area contributed by atoms with Gasteiger partial charge in [-0.15, -0.1) is 11.3 Å². The van der Waals surface area contributed by atoms with Crippen molar-refractivity contribution in [2.24, 2.45) is 0 Å². The van der Waals surface area contributed by atoms with Gasteiger partial charge in [0.05, 0.1) is 19.8 Å². The highest BCUT2D eigenvalue weighted by molar-refractivity contribution is 7.80. The highest BCUT2D eigenvalue weighted by atomic mass is 32.1. The third-order valence-electron chi connectivity index (χ3n) is 2.62.